The lowest BCUT2D eigenvalue weighted by molar-refractivity contribution is -0.116. The highest BCUT2D eigenvalue weighted by Gasteiger charge is 2.07. The highest BCUT2D eigenvalue weighted by atomic mass is 16.5. The number of nitrogens with zero attached hydrogens (tertiary/aromatic N) is 1. The van der Waals surface area contributed by atoms with Crippen molar-refractivity contribution in [1.29, 1.82) is 0 Å². The fraction of sp³-hybridized carbons (Fsp3) is 0.375. The third-order valence-corrected chi connectivity index (χ3v) is 4.73. The number of ether oxygens (including phenoxy) is 2. The largest absolute Gasteiger partial charge is 0.493 e. The van der Waals surface area contributed by atoms with E-state index in [0.29, 0.717) is 29.2 Å². The maximum Gasteiger partial charge on any atom is 0.271 e. The second-order valence-electron chi connectivity index (χ2n) is 7.10. The molecule has 2 N–H and O–H groups in total. The van der Waals surface area contributed by atoms with Gasteiger partial charge in [-0.25, -0.2) is 5.43 Å². The first-order valence-electron chi connectivity index (χ1n) is 10.5. The fourth-order valence-corrected chi connectivity index (χ4v) is 2.98. The summed E-state index contributed by atoms with van der Waals surface area (Å²) in [5, 5.41) is 6.85. The Bertz CT molecular complexity index is 879. The predicted octanol–water partition coefficient (Wildman–Crippen LogP) is 4.77. The molecule has 166 valence electrons. The molecule has 2 aromatic carbocycles. The number of hydrogen-bond donors (Lipinski definition) is 2. The summed E-state index contributed by atoms with van der Waals surface area (Å²) in [6.45, 7) is 2.17. The molecule has 0 aliphatic rings. The molecule has 0 aliphatic heterocycles. The molecule has 0 aliphatic carbocycles. The zero-order valence-electron chi connectivity index (χ0n) is 18.4. The van der Waals surface area contributed by atoms with Gasteiger partial charge >= 0.3 is 0 Å². The number of hydrazone groups is 1. The second-order valence-corrected chi connectivity index (χ2v) is 7.10. The van der Waals surface area contributed by atoms with E-state index in [2.05, 4.69) is 22.8 Å². The minimum Gasteiger partial charge on any atom is -0.493 e. The van der Waals surface area contributed by atoms with Gasteiger partial charge in [0, 0.05) is 17.7 Å². The van der Waals surface area contributed by atoms with Gasteiger partial charge in [0.15, 0.2) is 11.5 Å². The Morgan fingerprint density at radius 2 is 1.65 bits per heavy atom. The third-order valence-electron chi connectivity index (χ3n) is 4.73. The Morgan fingerprint density at radius 3 is 2.32 bits per heavy atom. The Labute approximate surface area is 183 Å². The highest BCUT2D eigenvalue weighted by Crippen LogP contribution is 2.26. The number of unbranched alkanes of at least 4 members (excludes halogenated alkanes) is 4. The molecule has 0 fully saturated rings. The molecular formula is C24H31N3O4. The maximum absolute atomic E-state index is 12.3. The number of carbonyl (C=O) groups is 2. The molecule has 0 atom stereocenters. The topological polar surface area (TPSA) is 89.0 Å². The van der Waals surface area contributed by atoms with Crippen molar-refractivity contribution in [1.82, 2.24) is 5.43 Å². The van der Waals surface area contributed by atoms with Gasteiger partial charge in [-0.15, -0.1) is 0 Å². The summed E-state index contributed by atoms with van der Waals surface area (Å²) in [6.07, 6.45) is 7.57. The number of carbonyl (C=O) groups excluding carboxylic acids is 2. The van der Waals surface area contributed by atoms with Crippen LogP contribution in [0.3, 0.4) is 0 Å². The lowest BCUT2D eigenvalue weighted by Gasteiger charge is -2.07. The molecule has 2 rings (SSSR count). The summed E-state index contributed by atoms with van der Waals surface area (Å²) in [6, 6.07) is 12.1. The van der Waals surface area contributed by atoms with E-state index in [0.717, 1.165) is 18.4 Å². The average molecular weight is 426 g/mol. The van der Waals surface area contributed by atoms with Crippen molar-refractivity contribution in [2.75, 3.05) is 19.5 Å². The van der Waals surface area contributed by atoms with Crippen molar-refractivity contribution in [2.45, 2.75) is 45.4 Å². The van der Waals surface area contributed by atoms with Gasteiger partial charge in [0.2, 0.25) is 5.91 Å². The molecular weight excluding hydrogens is 394 g/mol. The number of anilines is 1. The van der Waals surface area contributed by atoms with Crippen molar-refractivity contribution in [3.05, 3.63) is 53.6 Å². The number of nitrogens with one attached hydrogen (secondary N) is 2. The smallest absolute Gasteiger partial charge is 0.271 e. The number of amides is 2. The Hall–Kier alpha value is -3.35. The maximum atomic E-state index is 12.3. The number of methoxy groups -OCH3 is 2. The van der Waals surface area contributed by atoms with Crippen molar-refractivity contribution >= 4 is 23.7 Å². The van der Waals surface area contributed by atoms with Crippen LogP contribution in [-0.2, 0) is 4.79 Å². The van der Waals surface area contributed by atoms with E-state index in [9.17, 15) is 9.59 Å². The van der Waals surface area contributed by atoms with Gasteiger partial charge in [0.05, 0.1) is 20.4 Å². The summed E-state index contributed by atoms with van der Waals surface area (Å²) >= 11 is 0. The zero-order valence-corrected chi connectivity index (χ0v) is 18.4. The van der Waals surface area contributed by atoms with Crippen molar-refractivity contribution in [3.8, 4) is 11.5 Å². The summed E-state index contributed by atoms with van der Waals surface area (Å²) in [5.41, 5.74) is 4.36. The quantitative estimate of drug-likeness (QED) is 0.291. The second kappa shape index (κ2) is 13.1. The number of hydrogen-bond acceptors (Lipinski definition) is 5. The van der Waals surface area contributed by atoms with E-state index in [1.54, 1.807) is 56.7 Å². The van der Waals surface area contributed by atoms with E-state index >= 15 is 0 Å². The molecule has 0 radical (unpaired) electrons. The van der Waals surface area contributed by atoms with E-state index in [4.69, 9.17) is 9.47 Å². The normalized spacial score (nSPS) is 10.7. The highest BCUT2D eigenvalue weighted by molar-refractivity contribution is 5.96. The SMILES string of the molecule is CCCCCCCC(=O)Nc1ccc(C(=O)N/N=C/c2ccc(OC)c(OC)c2)cc1. The van der Waals surface area contributed by atoms with Crippen LogP contribution >= 0.6 is 0 Å². The minimum absolute atomic E-state index is 0.00628. The summed E-state index contributed by atoms with van der Waals surface area (Å²) in [7, 11) is 3.12. The molecule has 0 bridgehead atoms. The Morgan fingerprint density at radius 1 is 0.935 bits per heavy atom. The predicted molar refractivity (Wildman–Crippen MR) is 123 cm³/mol. The molecule has 0 spiro atoms. The summed E-state index contributed by atoms with van der Waals surface area (Å²) < 4.78 is 10.4. The molecule has 0 heterocycles. The molecule has 2 amide bonds. The van der Waals surface area contributed by atoms with Gasteiger partial charge in [0.25, 0.3) is 5.91 Å². The van der Waals surface area contributed by atoms with Gasteiger partial charge in [0.1, 0.15) is 0 Å². The van der Waals surface area contributed by atoms with Gasteiger partial charge < -0.3 is 14.8 Å². The van der Waals surface area contributed by atoms with Gasteiger partial charge in [-0.05, 0) is 54.4 Å². The first kappa shape index (κ1) is 23.9. The molecule has 2 aromatic rings. The first-order chi connectivity index (χ1) is 15.1. The van der Waals surface area contributed by atoms with Crippen molar-refractivity contribution in [3.63, 3.8) is 0 Å². The Kier molecular flexibility index (Phi) is 10.1. The van der Waals surface area contributed by atoms with E-state index in [-0.39, 0.29) is 11.8 Å². The zero-order chi connectivity index (χ0) is 22.5. The van der Waals surface area contributed by atoms with Crippen LogP contribution in [0.4, 0.5) is 5.69 Å². The summed E-state index contributed by atoms with van der Waals surface area (Å²) in [5.74, 6) is 0.850. The van der Waals surface area contributed by atoms with Crippen LogP contribution in [-0.4, -0.2) is 32.2 Å². The van der Waals surface area contributed by atoms with Crippen LogP contribution in [0.15, 0.2) is 47.6 Å². The van der Waals surface area contributed by atoms with E-state index < -0.39 is 0 Å². The molecule has 0 aromatic heterocycles. The molecule has 0 saturated carbocycles. The van der Waals surface area contributed by atoms with Crippen LogP contribution < -0.4 is 20.2 Å². The van der Waals surface area contributed by atoms with Crippen LogP contribution in [0.1, 0.15) is 61.4 Å². The van der Waals surface area contributed by atoms with Crippen LogP contribution in [0.25, 0.3) is 0 Å². The van der Waals surface area contributed by atoms with Crippen molar-refractivity contribution in [2.24, 2.45) is 5.10 Å². The molecule has 0 unspecified atom stereocenters. The first-order valence-corrected chi connectivity index (χ1v) is 10.5. The van der Waals surface area contributed by atoms with Crippen LogP contribution in [0.5, 0.6) is 11.5 Å². The van der Waals surface area contributed by atoms with Gasteiger partial charge in [-0.3, -0.25) is 9.59 Å². The minimum atomic E-state index is -0.342. The molecule has 31 heavy (non-hydrogen) atoms. The van der Waals surface area contributed by atoms with Crippen LogP contribution in [0, 0.1) is 0 Å². The van der Waals surface area contributed by atoms with Gasteiger partial charge in [-0.2, -0.15) is 5.10 Å². The standard InChI is InChI=1S/C24H31N3O4/c1-4-5-6-7-8-9-23(28)26-20-13-11-19(12-14-20)24(29)27-25-17-18-10-15-21(30-2)22(16-18)31-3/h10-17H,4-9H2,1-3H3,(H,26,28)(H,27,29)/b25-17+. The van der Waals surface area contributed by atoms with Gasteiger partial charge in [-0.1, -0.05) is 32.6 Å². The van der Waals surface area contributed by atoms with E-state index in [1.165, 1.54) is 25.5 Å². The Balaban J connectivity index is 1.82. The number of rotatable bonds is 12. The average Bonchev–Trinajstić information content (AvgIpc) is 2.79. The summed E-state index contributed by atoms with van der Waals surface area (Å²) in [4.78, 5) is 24.3. The molecule has 7 heteroatoms. The van der Waals surface area contributed by atoms with E-state index in [1.807, 2.05) is 0 Å². The lowest BCUT2D eigenvalue weighted by Crippen LogP contribution is -2.17. The monoisotopic (exact) mass is 425 g/mol. The fourth-order valence-electron chi connectivity index (χ4n) is 2.98. The molecule has 0 saturated heterocycles. The van der Waals surface area contributed by atoms with Crippen molar-refractivity contribution < 1.29 is 19.1 Å². The molecule has 7 nitrogen and oxygen atoms in total. The van der Waals surface area contributed by atoms with Crippen LogP contribution in [0.2, 0.25) is 0 Å². The lowest BCUT2D eigenvalue weighted by atomic mass is 10.1. The third kappa shape index (κ3) is 8.12. The number of benzene rings is 2.